The van der Waals surface area contributed by atoms with E-state index in [1.54, 1.807) is 6.07 Å². The Labute approximate surface area is 131 Å². The van der Waals surface area contributed by atoms with Gasteiger partial charge in [0.15, 0.2) is 0 Å². The van der Waals surface area contributed by atoms with Crippen LogP contribution in [0, 0.1) is 0 Å². The predicted octanol–water partition coefficient (Wildman–Crippen LogP) is 3.11. The molecule has 1 aromatic carbocycles. The molecule has 23 heavy (non-hydrogen) atoms. The smallest absolute Gasteiger partial charge is 0.416 e. The van der Waals surface area contributed by atoms with Crippen molar-refractivity contribution in [3.05, 3.63) is 35.4 Å². The number of carboxylic acids is 1. The van der Waals surface area contributed by atoms with Gasteiger partial charge in [0.05, 0.1) is 11.0 Å². The van der Waals surface area contributed by atoms with Crippen LogP contribution < -0.4 is 5.32 Å². The first-order valence-corrected chi connectivity index (χ1v) is 7.43. The largest absolute Gasteiger partial charge is 0.481 e. The molecule has 1 saturated carbocycles. The van der Waals surface area contributed by atoms with Crippen LogP contribution in [0.3, 0.4) is 0 Å². The third kappa shape index (κ3) is 3.83. The maximum Gasteiger partial charge on any atom is 0.416 e. The summed E-state index contributed by atoms with van der Waals surface area (Å²) in [7, 11) is 0. The minimum Gasteiger partial charge on any atom is -0.481 e. The van der Waals surface area contributed by atoms with E-state index in [4.69, 9.17) is 5.11 Å². The van der Waals surface area contributed by atoms with Gasteiger partial charge in [0.25, 0.3) is 0 Å². The number of benzene rings is 1. The third-order valence-electron chi connectivity index (χ3n) is 4.24. The van der Waals surface area contributed by atoms with E-state index in [0.717, 1.165) is 18.6 Å². The molecule has 1 amide bonds. The molecular weight excluding hydrogens is 311 g/mol. The minimum absolute atomic E-state index is 0.0587. The van der Waals surface area contributed by atoms with Crippen molar-refractivity contribution in [1.29, 1.82) is 0 Å². The fourth-order valence-electron chi connectivity index (χ4n) is 2.78. The van der Waals surface area contributed by atoms with Gasteiger partial charge in [-0.25, -0.2) is 0 Å². The first-order chi connectivity index (χ1) is 10.8. The maximum atomic E-state index is 12.8. The van der Waals surface area contributed by atoms with Crippen LogP contribution in [0.1, 0.15) is 43.2 Å². The monoisotopic (exact) mass is 329 g/mol. The Hall–Kier alpha value is -2.05. The fraction of sp³-hybridized carbons (Fsp3) is 0.500. The highest BCUT2D eigenvalue weighted by molar-refractivity contribution is 5.89. The highest BCUT2D eigenvalue weighted by Crippen LogP contribution is 2.45. The lowest BCUT2D eigenvalue weighted by atomic mass is 9.63. The number of halogens is 3. The van der Waals surface area contributed by atoms with Gasteiger partial charge in [0, 0.05) is 13.0 Å². The lowest BCUT2D eigenvalue weighted by Crippen LogP contribution is -2.49. The second-order valence-corrected chi connectivity index (χ2v) is 5.77. The van der Waals surface area contributed by atoms with Gasteiger partial charge in [-0.3, -0.25) is 9.59 Å². The zero-order chi connectivity index (χ0) is 17.1. The van der Waals surface area contributed by atoms with E-state index in [0.29, 0.717) is 24.8 Å². The van der Waals surface area contributed by atoms with Gasteiger partial charge < -0.3 is 10.4 Å². The van der Waals surface area contributed by atoms with Crippen molar-refractivity contribution in [1.82, 2.24) is 5.32 Å². The van der Waals surface area contributed by atoms with Crippen LogP contribution in [0.5, 0.6) is 0 Å². The molecule has 0 unspecified atom stereocenters. The molecule has 1 aliphatic carbocycles. The summed E-state index contributed by atoms with van der Waals surface area (Å²) in [6.45, 7) is 0.200. The van der Waals surface area contributed by atoms with Crippen LogP contribution >= 0.6 is 0 Å². The lowest BCUT2D eigenvalue weighted by molar-refractivity contribution is -0.138. The molecule has 2 N–H and O–H groups in total. The number of carboxylic acid groups (broad SMARTS) is 1. The van der Waals surface area contributed by atoms with Crippen molar-refractivity contribution in [2.45, 2.75) is 43.7 Å². The minimum atomic E-state index is -4.45. The average molecular weight is 329 g/mol. The number of amides is 1. The van der Waals surface area contributed by atoms with E-state index in [2.05, 4.69) is 5.32 Å². The molecule has 1 aromatic rings. The van der Waals surface area contributed by atoms with E-state index in [9.17, 15) is 22.8 Å². The van der Waals surface area contributed by atoms with Crippen LogP contribution in [0.4, 0.5) is 13.2 Å². The normalized spacial score (nSPS) is 16.5. The second-order valence-electron chi connectivity index (χ2n) is 5.77. The van der Waals surface area contributed by atoms with Gasteiger partial charge in [0.1, 0.15) is 0 Å². The quantitative estimate of drug-likeness (QED) is 0.788. The summed E-state index contributed by atoms with van der Waals surface area (Å²) in [6, 6.07) is 4.89. The summed E-state index contributed by atoms with van der Waals surface area (Å²) in [6.07, 6.45) is -2.44. The highest BCUT2D eigenvalue weighted by atomic mass is 19.4. The zero-order valence-corrected chi connectivity index (χ0v) is 12.4. The topological polar surface area (TPSA) is 66.4 Å². The molecule has 1 fully saturated rings. The van der Waals surface area contributed by atoms with Gasteiger partial charge in [-0.05, 0) is 30.9 Å². The van der Waals surface area contributed by atoms with Crippen LogP contribution in [-0.2, 0) is 21.2 Å². The summed E-state index contributed by atoms with van der Waals surface area (Å²) in [5, 5.41) is 11.2. The molecular formula is C16H18F3NO3. The fourth-order valence-corrected chi connectivity index (χ4v) is 2.78. The molecule has 0 atom stereocenters. The molecule has 1 aliphatic rings. The summed E-state index contributed by atoms with van der Waals surface area (Å²) < 4.78 is 38.5. The number of aliphatic carboxylic acids is 1. The van der Waals surface area contributed by atoms with Gasteiger partial charge in [-0.15, -0.1) is 0 Å². The molecule has 0 spiro atoms. The van der Waals surface area contributed by atoms with E-state index in [-0.39, 0.29) is 18.9 Å². The molecule has 0 aliphatic heterocycles. The van der Waals surface area contributed by atoms with Crippen LogP contribution in [0.25, 0.3) is 0 Å². The zero-order valence-electron chi connectivity index (χ0n) is 12.4. The van der Waals surface area contributed by atoms with Crippen molar-refractivity contribution >= 4 is 11.9 Å². The number of hydrogen-bond acceptors (Lipinski definition) is 2. The van der Waals surface area contributed by atoms with E-state index < -0.39 is 23.1 Å². The van der Waals surface area contributed by atoms with Crippen molar-refractivity contribution in [2.75, 3.05) is 6.54 Å². The average Bonchev–Trinajstić information content (AvgIpc) is 2.42. The number of alkyl halides is 3. The van der Waals surface area contributed by atoms with Gasteiger partial charge in [-0.2, -0.15) is 13.2 Å². The van der Waals surface area contributed by atoms with Crippen LogP contribution in [-0.4, -0.2) is 23.5 Å². The maximum absolute atomic E-state index is 12.8. The predicted molar refractivity (Wildman–Crippen MR) is 76.9 cm³/mol. The molecule has 4 nitrogen and oxygen atoms in total. The van der Waals surface area contributed by atoms with Gasteiger partial charge >= 0.3 is 12.1 Å². The number of carbonyl (C=O) groups excluding carboxylic acids is 1. The number of rotatable bonds is 6. The van der Waals surface area contributed by atoms with Crippen molar-refractivity contribution in [2.24, 2.45) is 0 Å². The summed E-state index contributed by atoms with van der Waals surface area (Å²) >= 11 is 0. The number of carbonyl (C=O) groups is 2. The third-order valence-corrected chi connectivity index (χ3v) is 4.24. The first-order valence-electron chi connectivity index (χ1n) is 7.43. The van der Waals surface area contributed by atoms with Crippen molar-refractivity contribution < 1.29 is 27.9 Å². The molecule has 126 valence electrons. The Morgan fingerprint density at radius 1 is 1.26 bits per heavy atom. The summed E-state index contributed by atoms with van der Waals surface area (Å²) in [5.74, 6) is -1.27. The number of hydrogen-bond donors (Lipinski definition) is 2. The SMILES string of the molecule is O=C(O)CCCNC(=O)C1(c2cccc(C(F)(F)F)c2)CCC1. The molecule has 7 heteroatoms. The molecule has 0 aromatic heterocycles. The van der Waals surface area contributed by atoms with Crippen molar-refractivity contribution in [3.8, 4) is 0 Å². The lowest BCUT2D eigenvalue weighted by Gasteiger charge is -2.41. The summed E-state index contributed by atoms with van der Waals surface area (Å²) in [4.78, 5) is 22.9. The van der Waals surface area contributed by atoms with E-state index >= 15 is 0 Å². The van der Waals surface area contributed by atoms with Crippen LogP contribution in [0.15, 0.2) is 24.3 Å². The van der Waals surface area contributed by atoms with Crippen molar-refractivity contribution in [3.63, 3.8) is 0 Å². The van der Waals surface area contributed by atoms with Gasteiger partial charge in [0.2, 0.25) is 5.91 Å². The second kappa shape index (κ2) is 6.60. The van der Waals surface area contributed by atoms with Gasteiger partial charge in [-0.1, -0.05) is 24.6 Å². The molecule has 2 rings (SSSR count). The summed E-state index contributed by atoms with van der Waals surface area (Å²) in [5.41, 5.74) is -1.32. The van der Waals surface area contributed by atoms with E-state index in [1.165, 1.54) is 6.07 Å². The number of nitrogens with one attached hydrogen (secondary N) is 1. The molecule has 0 radical (unpaired) electrons. The molecule has 0 heterocycles. The molecule has 0 bridgehead atoms. The highest BCUT2D eigenvalue weighted by Gasteiger charge is 2.46. The van der Waals surface area contributed by atoms with E-state index in [1.807, 2.05) is 0 Å². The standard InChI is InChI=1S/C16H18F3NO3/c17-16(18,19)12-5-1-4-11(10-12)15(7-3-8-15)14(23)20-9-2-6-13(21)22/h1,4-5,10H,2-3,6-9H2,(H,20,23)(H,21,22). The Balaban J connectivity index is 2.11. The Bertz CT molecular complexity index is 594. The Morgan fingerprint density at radius 3 is 2.48 bits per heavy atom. The van der Waals surface area contributed by atoms with Crippen LogP contribution in [0.2, 0.25) is 0 Å². The Morgan fingerprint density at radius 2 is 1.96 bits per heavy atom. The molecule has 0 saturated heterocycles. The Kier molecular flexibility index (Phi) is 4.97. The first kappa shape index (κ1) is 17.3.